The van der Waals surface area contributed by atoms with Crippen LogP contribution in [0, 0.1) is 0 Å². The van der Waals surface area contributed by atoms with E-state index < -0.39 is 84.8 Å². The summed E-state index contributed by atoms with van der Waals surface area (Å²) in [4.78, 5) is 69.4. The average Bonchev–Trinajstić information content (AvgIpc) is 3.71. The first-order chi connectivity index (χ1) is 34.1. The summed E-state index contributed by atoms with van der Waals surface area (Å²) < 4.78 is 56.6. The van der Waals surface area contributed by atoms with Gasteiger partial charge in [-0.1, -0.05) is 121 Å². The Morgan fingerprint density at radius 1 is 0.557 bits per heavy atom. The highest BCUT2D eigenvalue weighted by Crippen LogP contribution is 2.39. The topological polar surface area (TPSA) is 180 Å². The smallest absolute Gasteiger partial charge is 0.338 e. The maximum Gasteiger partial charge on any atom is 0.338 e. The van der Waals surface area contributed by atoms with Crippen LogP contribution in [0.5, 0.6) is 0 Å². The highest BCUT2D eigenvalue weighted by Gasteiger charge is 2.63. The highest BCUT2D eigenvalue weighted by molar-refractivity contribution is 5.92. The third-order valence-electron chi connectivity index (χ3n) is 11.7. The van der Waals surface area contributed by atoms with Crippen LogP contribution in [0.25, 0.3) is 0 Å². The van der Waals surface area contributed by atoms with E-state index in [9.17, 15) is 24.0 Å². The van der Waals surface area contributed by atoms with Crippen LogP contribution < -0.4 is 5.32 Å². The zero-order valence-electron chi connectivity index (χ0n) is 38.3. The predicted octanol–water partition coefficient (Wildman–Crippen LogP) is 7.75. The number of benzene rings is 6. The SMILES string of the molecule is CO[C@@]1(NC[C@H]2O[C@H](OCc3ccccc3)C[C@@H](OC(=O)c3ccccc3)[C@@H]2OC(=O)c2ccccc2)O[C@H]([C@@H](C)OC(=O)c2ccccc2)[C@H](OC(=O)c2ccccc2)[C@H]1OC(=O)c1ccccc1. The van der Waals surface area contributed by atoms with E-state index in [4.69, 9.17) is 42.6 Å². The second kappa shape index (κ2) is 23.2. The minimum absolute atomic E-state index is 0.0538. The van der Waals surface area contributed by atoms with Crippen molar-refractivity contribution in [2.24, 2.45) is 0 Å². The quantitative estimate of drug-likeness (QED) is 0.0502. The molecule has 2 saturated heterocycles. The van der Waals surface area contributed by atoms with Crippen molar-refractivity contribution in [3.8, 4) is 0 Å². The molecule has 1 N–H and O–H groups in total. The van der Waals surface area contributed by atoms with Gasteiger partial charge in [-0.2, -0.15) is 0 Å². The number of hydrogen-bond acceptors (Lipinski definition) is 15. The molecule has 2 fully saturated rings. The Kier molecular flexibility index (Phi) is 16.2. The molecule has 0 spiro atoms. The van der Waals surface area contributed by atoms with Crippen molar-refractivity contribution in [3.05, 3.63) is 215 Å². The molecule has 0 saturated carbocycles. The lowest BCUT2D eigenvalue weighted by Crippen LogP contribution is -2.63. The van der Waals surface area contributed by atoms with Gasteiger partial charge in [0.05, 0.1) is 34.4 Å². The fourth-order valence-corrected chi connectivity index (χ4v) is 8.12. The number of hydrogen-bond donors (Lipinski definition) is 1. The molecule has 0 unspecified atom stereocenters. The van der Waals surface area contributed by atoms with Gasteiger partial charge < -0.3 is 42.6 Å². The van der Waals surface area contributed by atoms with Crippen LogP contribution in [0.4, 0.5) is 0 Å². The lowest BCUT2D eigenvalue weighted by molar-refractivity contribution is -0.284. The van der Waals surface area contributed by atoms with Gasteiger partial charge in [-0.15, -0.1) is 0 Å². The molecule has 6 aromatic carbocycles. The van der Waals surface area contributed by atoms with E-state index in [-0.39, 0.29) is 47.4 Å². The van der Waals surface area contributed by atoms with Crippen LogP contribution >= 0.6 is 0 Å². The molecule has 70 heavy (non-hydrogen) atoms. The van der Waals surface area contributed by atoms with Crippen molar-refractivity contribution in [3.63, 3.8) is 0 Å². The summed E-state index contributed by atoms with van der Waals surface area (Å²) in [5.74, 6) is -5.99. The monoisotopic (exact) mass is 949 g/mol. The van der Waals surface area contributed by atoms with Gasteiger partial charge in [0.25, 0.3) is 5.91 Å². The Labute approximate surface area is 404 Å². The number of nitrogens with one attached hydrogen (secondary N) is 1. The zero-order valence-corrected chi connectivity index (χ0v) is 38.3. The van der Waals surface area contributed by atoms with Gasteiger partial charge in [0, 0.05) is 20.1 Å². The third-order valence-corrected chi connectivity index (χ3v) is 11.7. The van der Waals surface area contributed by atoms with Gasteiger partial charge in [-0.25, -0.2) is 24.0 Å². The zero-order chi connectivity index (χ0) is 48.9. The molecule has 2 aliphatic rings. The van der Waals surface area contributed by atoms with Crippen LogP contribution in [0.15, 0.2) is 182 Å². The molecule has 0 aromatic heterocycles. The van der Waals surface area contributed by atoms with E-state index in [1.54, 1.807) is 159 Å². The summed E-state index contributed by atoms with van der Waals surface area (Å²) >= 11 is 0. The first-order valence-corrected chi connectivity index (χ1v) is 22.7. The largest absolute Gasteiger partial charge is 0.456 e. The van der Waals surface area contributed by atoms with Crippen LogP contribution in [0.2, 0.25) is 0 Å². The Bertz CT molecular complexity index is 2660. The summed E-state index contributed by atoms with van der Waals surface area (Å²) in [7, 11) is 1.28. The molecule has 0 amide bonds. The first-order valence-electron chi connectivity index (χ1n) is 22.7. The van der Waals surface area contributed by atoms with Gasteiger partial charge in [-0.3, -0.25) is 5.32 Å². The van der Waals surface area contributed by atoms with E-state index in [0.29, 0.717) is 0 Å². The summed E-state index contributed by atoms with van der Waals surface area (Å²) in [5, 5.41) is 3.21. The molecule has 0 aliphatic carbocycles. The minimum Gasteiger partial charge on any atom is -0.456 e. The number of rotatable bonds is 18. The normalized spacial score (nSPS) is 23.3. The summed E-state index contributed by atoms with van der Waals surface area (Å²) in [6.45, 7) is 1.31. The average molecular weight is 950 g/mol. The molecule has 360 valence electrons. The Morgan fingerprint density at radius 3 is 1.44 bits per heavy atom. The van der Waals surface area contributed by atoms with Crippen molar-refractivity contribution in [2.45, 2.75) is 74.9 Å². The second-order valence-electron chi connectivity index (χ2n) is 16.4. The van der Waals surface area contributed by atoms with Crippen LogP contribution in [-0.2, 0) is 49.2 Å². The van der Waals surface area contributed by atoms with Gasteiger partial charge in [0.15, 0.2) is 18.5 Å². The van der Waals surface area contributed by atoms with E-state index >= 15 is 0 Å². The highest BCUT2D eigenvalue weighted by atomic mass is 16.8. The van der Waals surface area contributed by atoms with Crippen LogP contribution in [0.1, 0.15) is 70.7 Å². The van der Waals surface area contributed by atoms with Crippen molar-refractivity contribution >= 4 is 29.8 Å². The predicted molar refractivity (Wildman–Crippen MR) is 251 cm³/mol. The molecule has 2 heterocycles. The molecule has 0 radical (unpaired) electrons. The maximum atomic E-state index is 14.1. The van der Waals surface area contributed by atoms with E-state index in [2.05, 4.69) is 5.32 Å². The van der Waals surface area contributed by atoms with Crippen molar-refractivity contribution in [2.75, 3.05) is 13.7 Å². The fraction of sp³-hybridized carbons (Fsp3) is 0.255. The summed E-state index contributed by atoms with van der Waals surface area (Å²) in [6, 6.07) is 50.5. The van der Waals surface area contributed by atoms with Crippen molar-refractivity contribution < 1.29 is 66.6 Å². The molecule has 9 atom stereocenters. The minimum atomic E-state index is -2.21. The Balaban J connectivity index is 1.17. The number of carbonyl (C=O) groups excluding carboxylic acids is 5. The Hall–Kier alpha value is -7.53. The molecular weight excluding hydrogens is 899 g/mol. The second-order valence-corrected chi connectivity index (χ2v) is 16.4. The van der Waals surface area contributed by atoms with E-state index in [0.717, 1.165) is 5.56 Å². The van der Waals surface area contributed by atoms with Crippen LogP contribution in [0.3, 0.4) is 0 Å². The number of carbonyl (C=O) groups is 5. The molecule has 8 rings (SSSR count). The van der Waals surface area contributed by atoms with Gasteiger partial charge >= 0.3 is 29.8 Å². The summed E-state index contributed by atoms with van der Waals surface area (Å²) in [6.07, 6.45) is -10.4. The third kappa shape index (κ3) is 12.0. The molecule has 15 heteroatoms. The molecule has 6 aromatic rings. The van der Waals surface area contributed by atoms with Crippen molar-refractivity contribution in [1.29, 1.82) is 0 Å². The summed E-state index contributed by atoms with van der Waals surface area (Å²) in [5.41, 5.74) is 1.87. The standard InChI is InChI=1S/C55H51NO14/c1-36(64-50(57)38-23-11-4-12-24-38)46-48(68-53(60)41-29-17-7-18-30-41)49(69-54(61)42-31-19-8-20-32-42)55(62-2,70-46)56-34-44-47(67-52(59)40-27-15-6-16-28-40)43(66-51(58)39-25-13-5-14-26-39)33-45(65-44)63-35-37-21-9-3-10-22-37/h3-32,36,43-49,56H,33-35H2,1-2H3/t36-,43-,44-,45+,46-,47+,48+,49-,55-/m1/s1. The lowest BCUT2D eigenvalue weighted by atomic mass is 9.99. The van der Waals surface area contributed by atoms with Crippen LogP contribution in [-0.4, -0.2) is 98.4 Å². The van der Waals surface area contributed by atoms with Gasteiger partial charge in [-0.05, 0) is 73.2 Å². The molecule has 0 bridgehead atoms. The first kappa shape index (κ1) is 48.9. The number of methoxy groups -OCH3 is 1. The van der Waals surface area contributed by atoms with Gasteiger partial charge in [0.2, 0.25) is 6.10 Å². The van der Waals surface area contributed by atoms with E-state index in [1.807, 2.05) is 30.3 Å². The fourth-order valence-electron chi connectivity index (χ4n) is 8.12. The maximum absolute atomic E-state index is 14.1. The van der Waals surface area contributed by atoms with Crippen molar-refractivity contribution in [1.82, 2.24) is 5.32 Å². The Morgan fingerprint density at radius 2 is 0.971 bits per heavy atom. The molecule has 2 aliphatic heterocycles. The lowest BCUT2D eigenvalue weighted by Gasteiger charge is -2.42. The van der Waals surface area contributed by atoms with E-state index in [1.165, 1.54) is 7.11 Å². The molecular formula is C55H51NO14. The van der Waals surface area contributed by atoms with Gasteiger partial charge in [0.1, 0.15) is 24.4 Å². The number of ether oxygens (including phenoxy) is 9. The molecule has 15 nitrogen and oxygen atoms in total. The number of esters is 5.